The highest BCUT2D eigenvalue weighted by molar-refractivity contribution is 9.11. The van der Waals surface area contributed by atoms with Crippen LogP contribution in [0, 0.1) is 12.3 Å². The monoisotopic (exact) mass is 366 g/mol. The standard InChI is InChI=1S/C14H17BrF2O2S/c1-9-6-10(20-12(9)15)14(16,17)8-13(7-11(18)19)4-2-3-5-13/h6H,2-5,7-8H2,1H3,(H,18,19). The molecule has 1 aliphatic carbocycles. The van der Waals surface area contributed by atoms with Crippen molar-refractivity contribution in [3.63, 3.8) is 0 Å². The number of hydrogen-bond donors (Lipinski definition) is 1. The van der Waals surface area contributed by atoms with Crippen molar-refractivity contribution in [2.45, 2.75) is 51.4 Å². The maximum Gasteiger partial charge on any atom is 0.303 e. The summed E-state index contributed by atoms with van der Waals surface area (Å²) in [6.45, 7) is 1.78. The van der Waals surface area contributed by atoms with E-state index in [-0.39, 0.29) is 17.7 Å². The Morgan fingerprint density at radius 2 is 2.10 bits per heavy atom. The van der Waals surface area contributed by atoms with E-state index >= 15 is 0 Å². The third-order valence-corrected chi connectivity index (χ3v) is 6.25. The number of carboxylic acid groups (broad SMARTS) is 1. The van der Waals surface area contributed by atoms with Crippen LogP contribution in [0.4, 0.5) is 8.78 Å². The van der Waals surface area contributed by atoms with Gasteiger partial charge in [0.25, 0.3) is 5.92 Å². The van der Waals surface area contributed by atoms with E-state index in [2.05, 4.69) is 15.9 Å². The molecular formula is C14H17BrF2O2S. The summed E-state index contributed by atoms with van der Waals surface area (Å²) in [7, 11) is 0. The van der Waals surface area contributed by atoms with Crippen LogP contribution in [0.3, 0.4) is 0 Å². The maximum atomic E-state index is 14.5. The molecule has 0 spiro atoms. The van der Waals surface area contributed by atoms with E-state index in [1.807, 2.05) is 0 Å². The van der Waals surface area contributed by atoms with E-state index in [9.17, 15) is 13.6 Å². The summed E-state index contributed by atoms with van der Waals surface area (Å²) in [6.07, 6.45) is 2.33. The molecule has 0 radical (unpaired) electrons. The molecule has 2 nitrogen and oxygen atoms in total. The van der Waals surface area contributed by atoms with Crippen LogP contribution < -0.4 is 0 Å². The van der Waals surface area contributed by atoms with Crippen molar-refractivity contribution in [3.05, 3.63) is 20.3 Å². The largest absolute Gasteiger partial charge is 0.481 e. The van der Waals surface area contributed by atoms with E-state index < -0.39 is 17.3 Å². The SMILES string of the molecule is Cc1cc(C(F)(F)CC2(CC(=O)O)CCCC2)sc1Br. The van der Waals surface area contributed by atoms with Crippen molar-refractivity contribution in [3.8, 4) is 0 Å². The fraction of sp³-hybridized carbons (Fsp3) is 0.643. The molecule has 1 saturated carbocycles. The van der Waals surface area contributed by atoms with Gasteiger partial charge in [-0.3, -0.25) is 4.79 Å². The van der Waals surface area contributed by atoms with Gasteiger partial charge in [-0.05, 0) is 52.7 Å². The fourth-order valence-corrected chi connectivity index (χ4v) is 4.57. The predicted octanol–water partition coefficient (Wildman–Crippen LogP) is 5.34. The minimum absolute atomic E-state index is 0.0264. The molecule has 20 heavy (non-hydrogen) atoms. The lowest BCUT2D eigenvalue weighted by atomic mass is 9.77. The molecule has 0 aliphatic heterocycles. The number of halogens is 3. The van der Waals surface area contributed by atoms with Gasteiger partial charge < -0.3 is 5.11 Å². The Hall–Kier alpha value is -0.490. The molecule has 1 aromatic rings. The topological polar surface area (TPSA) is 37.3 Å². The number of carboxylic acids is 1. The van der Waals surface area contributed by atoms with E-state index in [1.165, 1.54) is 6.07 Å². The van der Waals surface area contributed by atoms with Crippen LogP contribution >= 0.6 is 27.3 Å². The highest BCUT2D eigenvalue weighted by Crippen LogP contribution is 2.52. The van der Waals surface area contributed by atoms with Gasteiger partial charge in [-0.2, -0.15) is 0 Å². The van der Waals surface area contributed by atoms with Gasteiger partial charge in [0, 0.05) is 6.42 Å². The zero-order chi connectivity index (χ0) is 15.0. The normalized spacial score (nSPS) is 18.4. The summed E-state index contributed by atoms with van der Waals surface area (Å²) in [6, 6.07) is 1.50. The number of rotatable bonds is 5. The van der Waals surface area contributed by atoms with Gasteiger partial charge in [0.1, 0.15) is 0 Å². The molecule has 0 bridgehead atoms. The van der Waals surface area contributed by atoms with Crippen molar-refractivity contribution in [2.24, 2.45) is 5.41 Å². The van der Waals surface area contributed by atoms with Gasteiger partial charge in [-0.25, -0.2) is 8.78 Å². The highest BCUT2D eigenvalue weighted by Gasteiger charge is 2.46. The van der Waals surface area contributed by atoms with Crippen LogP contribution in [0.5, 0.6) is 0 Å². The van der Waals surface area contributed by atoms with Crippen molar-refractivity contribution in [1.82, 2.24) is 0 Å². The number of hydrogen-bond acceptors (Lipinski definition) is 2. The number of carbonyl (C=O) groups is 1. The van der Waals surface area contributed by atoms with Gasteiger partial charge in [0.05, 0.1) is 15.1 Å². The fourth-order valence-electron chi connectivity index (χ4n) is 3.06. The second-order valence-corrected chi connectivity index (χ2v) is 8.10. The Morgan fingerprint density at radius 1 is 1.50 bits per heavy atom. The molecule has 1 fully saturated rings. The minimum Gasteiger partial charge on any atom is -0.481 e. The minimum atomic E-state index is -2.96. The van der Waals surface area contributed by atoms with E-state index in [4.69, 9.17) is 5.11 Å². The molecule has 0 aromatic carbocycles. The molecule has 112 valence electrons. The smallest absolute Gasteiger partial charge is 0.303 e. The van der Waals surface area contributed by atoms with Crippen LogP contribution in [-0.4, -0.2) is 11.1 Å². The van der Waals surface area contributed by atoms with Crippen LogP contribution in [-0.2, 0) is 10.7 Å². The molecular weight excluding hydrogens is 350 g/mol. The van der Waals surface area contributed by atoms with Gasteiger partial charge in [-0.15, -0.1) is 11.3 Å². The first-order valence-corrected chi connectivity index (χ1v) is 8.21. The van der Waals surface area contributed by atoms with Gasteiger partial charge in [0.2, 0.25) is 0 Å². The molecule has 0 saturated heterocycles. The molecule has 0 amide bonds. The second-order valence-electron chi connectivity index (χ2n) is 5.73. The molecule has 1 aromatic heterocycles. The van der Waals surface area contributed by atoms with Crippen molar-refractivity contribution in [1.29, 1.82) is 0 Å². The third kappa shape index (κ3) is 3.39. The first-order valence-electron chi connectivity index (χ1n) is 6.60. The maximum absolute atomic E-state index is 14.5. The summed E-state index contributed by atoms with van der Waals surface area (Å²) in [5.41, 5.74) is 0.0445. The number of alkyl halides is 2. The highest BCUT2D eigenvalue weighted by atomic mass is 79.9. The van der Waals surface area contributed by atoms with Crippen molar-refractivity contribution >= 4 is 33.2 Å². The number of aliphatic carboxylic acids is 1. The quantitative estimate of drug-likeness (QED) is 0.763. The van der Waals surface area contributed by atoms with E-state index in [0.717, 1.165) is 29.7 Å². The molecule has 1 aliphatic rings. The lowest BCUT2D eigenvalue weighted by Crippen LogP contribution is -2.29. The van der Waals surface area contributed by atoms with Crippen molar-refractivity contribution < 1.29 is 18.7 Å². The summed E-state index contributed by atoms with van der Waals surface area (Å²) >= 11 is 4.31. The first-order chi connectivity index (χ1) is 9.24. The Bertz CT molecular complexity index is 488. The predicted molar refractivity (Wildman–Crippen MR) is 78.4 cm³/mol. The zero-order valence-electron chi connectivity index (χ0n) is 11.2. The van der Waals surface area contributed by atoms with Gasteiger partial charge in [0.15, 0.2) is 0 Å². The average molecular weight is 367 g/mol. The molecule has 1 N–H and O–H groups in total. The van der Waals surface area contributed by atoms with Crippen LogP contribution in [0.25, 0.3) is 0 Å². The van der Waals surface area contributed by atoms with Crippen molar-refractivity contribution in [2.75, 3.05) is 0 Å². The van der Waals surface area contributed by atoms with E-state index in [1.54, 1.807) is 6.92 Å². The Kier molecular flexibility index (Phi) is 4.54. The number of aryl methyl sites for hydroxylation is 1. The first kappa shape index (κ1) is 15.9. The Balaban J connectivity index is 2.22. The number of thiophene rings is 1. The molecule has 2 rings (SSSR count). The van der Waals surface area contributed by atoms with Crippen LogP contribution in [0.2, 0.25) is 0 Å². The molecule has 1 heterocycles. The third-order valence-electron chi connectivity index (χ3n) is 4.01. The summed E-state index contributed by atoms with van der Waals surface area (Å²) in [4.78, 5) is 11.0. The summed E-state index contributed by atoms with van der Waals surface area (Å²) in [5, 5.41) is 9.00. The second kappa shape index (κ2) is 5.72. The molecule has 6 heteroatoms. The molecule has 0 unspecified atom stereocenters. The molecule has 0 atom stereocenters. The average Bonchev–Trinajstić information content (AvgIpc) is 2.86. The van der Waals surface area contributed by atoms with Crippen LogP contribution in [0.15, 0.2) is 9.85 Å². The summed E-state index contributed by atoms with van der Waals surface area (Å²) in [5.74, 6) is -3.94. The Labute approximate surface area is 129 Å². The lowest BCUT2D eigenvalue weighted by Gasteiger charge is -2.31. The van der Waals surface area contributed by atoms with E-state index in [0.29, 0.717) is 16.6 Å². The van der Waals surface area contributed by atoms with Gasteiger partial charge >= 0.3 is 5.97 Å². The Morgan fingerprint density at radius 3 is 2.55 bits per heavy atom. The summed E-state index contributed by atoms with van der Waals surface area (Å²) < 4.78 is 29.7. The van der Waals surface area contributed by atoms with Crippen LogP contribution in [0.1, 0.15) is 49.0 Å². The zero-order valence-corrected chi connectivity index (χ0v) is 13.6. The lowest BCUT2D eigenvalue weighted by molar-refractivity contribution is -0.141. The van der Waals surface area contributed by atoms with Gasteiger partial charge in [-0.1, -0.05) is 12.8 Å².